The van der Waals surface area contributed by atoms with E-state index >= 15 is 0 Å². The Balaban J connectivity index is 3.37. The van der Waals surface area contributed by atoms with Crippen molar-refractivity contribution in [2.24, 2.45) is 4.99 Å². The van der Waals surface area contributed by atoms with Gasteiger partial charge in [-0.25, -0.2) is 9.67 Å². The van der Waals surface area contributed by atoms with Gasteiger partial charge in [-0.2, -0.15) is 5.10 Å². The molecule has 0 fully saturated rings. The summed E-state index contributed by atoms with van der Waals surface area (Å²) in [5.74, 6) is 0.775. The molecule has 0 unspecified atom stereocenters. The van der Waals surface area contributed by atoms with E-state index in [1.807, 2.05) is 13.8 Å². The van der Waals surface area contributed by atoms with Crippen LogP contribution in [0.1, 0.15) is 11.3 Å². The van der Waals surface area contributed by atoms with Crippen LogP contribution >= 0.6 is 0 Å². The quantitative estimate of drug-likeness (QED) is 0.591. The van der Waals surface area contributed by atoms with Gasteiger partial charge in [0.1, 0.15) is 0 Å². The molecule has 3 heteroatoms. The van der Waals surface area contributed by atoms with Crippen molar-refractivity contribution < 1.29 is 0 Å². The van der Waals surface area contributed by atoms with Crippen molar-refractivity contribution in [3.05, 3.63) is 17.8 Å². The second kappa shape index (κ2) is 2.70. The van der Waals surface area contributed by atoms with E-state index in [1.165, 1.54) is 0 Å². The molecule has 0 aromatic carbocycles. The van der Waals surface area contributed by atoms with Crippen LogP contribution in [0.2, 0.25) is 0 Å². The highest BCUT2D eigenvalue weighted by Gasteiger charge is 2.06. The minimum absolute atomic E-state index is 0.775. The predicted molar refractivity (Wildman–Crippen MR) is 47.3 cm³/mol. The van der Waals surface area contributed by atoms with E-state index in [-0.39, 0.29) is 0 Å². The zero-order valence-electron chi connectivity index (χ0n) is 6.83. The summed E-state index contributed by atoms with van der Waals surface area (Å²) in [5, 5.41) is 4.16. The molecule has 1 aromatic heterocycles. The summed E-state index contributed by atoms with van der Waals surface area (Å²) >= 11 is 0. The molecule has 0 amide bonds. The molecule has 0 N–H and O–H groups in total. The first-order valence-corrected chi connectivity index (χ1v) is 3.35. The monoisotopic (exact) mass is 149 g/mol. The van der Waals surface area contributed by atoms with E-state index < -0.39 is 0 Å². The smallest absolute Gasteiger partial charge is 0.157 e. The summed E-state index contributed by atoms with van der Waals surface area (Å²) in [5.41, 5.74) is 2.02. The third-order valence-corrected chi connectivity index (χ3v) is 1.68. The molecular formula is C8H11N3. The molecule has 0 atom stereocenters. The van der Waals surface area contributed by atoms with Gasteiger partial charge in [-0.1, -0.05) is 6.58 Å². The van der Waals surface area contributed by atoms with Crippen molar-refractivity contribution in [2.75, 3.05) is 0 Å². The fraction of sp³-hybridized carbons (Fsp3) is 0.250. The van der Waals surface area contributed by atoms with Crippen LogP contribution in [0.15, 0.2) is 11.6 Å². The molecule has 0 radical (unpaired) electrons. The molecular weight excluding hydrogens is 138 g/mol. The van der Waals surface area contributed by atoms with Crippen molar-refractivity contribution >= 4 is 18.7 Å². The lowest BCUT2D eigenvalue weighted by atomic mass is 10.3. The zero-order valence-corrected chi connectivity index (χ0v) is 6.83. The first kappa shape index (κ1) is 7.72. The van der Waals surface area contributed by atoms with Crippen LogP contribution in [-0.2, 0) is 0 Å². The van der Waals surface area contributed by atoms with Crippen molar-refractivity contribution in [1.82, 2.24) is 9.78 Å². The summed E-state index contributed by atoms with van der Waals surface area (Å²) in [6.07, 6.45) is 1.62. The van der Waals surface area contributed by atoms with Gasteiger partial charge in [0.15, 0.2) is 5.82 Å². The van der Waals surface area contributed by atoms with Crippen LogP contribution in [0.5, 0.6) is 0 Å². The molecule has 0 aliphatic rings. The number of aryl methyl sites for hydroxylation is 1. The zero-order chi connectivity index (χ0) is 8.43. The molecule has 0 aliphatic carbocycles. The van der Waals surface area contributed by atoms with Gasteiger partial charge in [-0.15, -0.1) is 0 Å². The number of rotatable bonds is 2. The number of aromatic nitrogens is 2. The molecule has 1 rings (SSSR count). The summed E-state index contributed by atoms with van der Waals surface area (Å²) in [7, 11) is 0. The lowest BCUT2D eigenvalue weighted by molar-refractivity contribution is 0.913. The standard InChI is InChI=1S/C8H11N3/c1-5-11-8(9-4)6(2)7(3)10-11/h5H,1,4H2,2-3H3. The minimum atomic E-state index is 0.775. The fourth-order valence-corrected chi connectivity index (χ4v) is 0.936. The molecule has 1 heterocycles. The van der Waals surface area contributed by atoms with Gasteiger partial charge >= 0.3 is 0 Å². The Morgan fingerprint density at radius 3 is 2.55 bits per heavy atom. The molecule has 0 spiro atoms. The van der Waals surface area contributed by atoms with E-state index in [2.05, 4.69) is 23.4 Å². The normalized spacial score (nSPS) is 9.64. The van der Waals surface area contributed by atoms with Gasteiger partial charge < -0.3 is 0 Å². The average Bonchev–Trinajstić information content (AvgIpc) is 2.28. The number of aliphatic imine (C=N–C) groups is 1. The highest BCUT2D eigenvalue weighted by atomic mass is 15.3. The maximum absolute atomic E-state index is 4.16. The number of hydrogen-bond donors (Lipinski definition) is 0. The predicted octanol–water partition coefficient (Wildman–Crippen LogP) is 1.93. The number of nitrogens with zero attached hydrogens (tertiary/aromatic N) is 3. The average molecular weight is 149 g/mol. The molecule has 0 aliphatic heterocycles. The molecule has 58 valence electrons. The van der Waals surface area contributed by atoms with Crippen LogP contribution in [-0.4, -0.2) is 16.5 Å². The molecule has 0 saturated heterocycles. The highest BCUT2D eigenvalue weighted by Crippen LogP contribution is 2.20. The topological polar surface area (TPSA) is 30.2 Å². The largest absolute Gasteiger partial charge is 0.245 e. The van der Waals surface area contributed by atoms with E-state index in [4.69, 9.17) is 0 Å². The molecule has 1 aromatic rings. The lowest BCUT2D eigenvalue weighted by Crippen LogP contribution is -1.86. The lowest BCUT2D eigenvalue weighted by Gasteiger charge is -1.93. The van der Waals surface area contributed by atoms with Crippen LogP contribution in [0.4, 0.5) is 5.82 Å². The Bertz CT molecular complexity index is 297. The Morgan fingerprint density at radius 1 is 1.55 bits per heavy atom. The molecule has 0 saturated carbocycles. The van der Waals surface area contributed by atoms with Gasteiger partial charge in [0.05, 0.1) is 5.69 Å². The van der Waals surface area contributed by atoms with E-state index in [1.54, 1.807) is 10.9 Å². The van der Waals surface area contributed by atoms with Gasteiger partial charge in [0.25, 0.3) is 0 Å². The first-order valence-electron chi connectivity index (χ1n) is 3.35. The maximum Gasteiger partial charge on any atom is 0.157 e. The number of hydrogen-bond acceptors (Lipinski definition) is 2. The van der Waals surface area contributed by atoms with Gasteiger partial charge in [0, 0.05) is 11.8 Å². The van der Waals surface area contributed by atoms with Crippen molar-refractivity contribution in [3.63, 3.8) is 0 Å². The van der Waals surface area contributed by atoms with Gasteiger partial charge in [0.2, 0.25) is 0 Å². The summed E-state index contributed by atoms with van der Waals surface area (Å²) in [6, 6.07) is 0. The SMILES string of the molecule is C=Cn1nc(C)c(C)c1N=C. The maximum atomic E-state index is 4.16. The molecule has 11 heavy (non-hydrogen) atoms. The Hall–Kier alpha value is -1.38. The van der Waals surface area contributed by atoms with E-state index in [9.17, 15) is 0 Å². The van der Waals surface area contributed by atoms with Crippen LogP contribution in [0.3, 0.4) is 0 Å². The highest BCUT2D eigenvalue weighted by molar-refractivity contribution is 5.51. The Labute approximate surface area is 66.1 Å². The van der Waals surface area contributed by atoms with E-state index in [0.717, 1.165) is 17.1 Å². The van der Waals surface area contributed by atoms with Gasteiger partial charge in [-0.05, 0) is 20.6 Å². The summed E-state index contributed by atoms with van der Waals surface area (Å²) < 4.78 is 1.62. The van der Waals surface area contributed by atoms with Crippen molar-refractivity contribution in [2.45, 2.75) is 13.8 Å². The Morgan fingerprint density at radius 2 is 2.18 bits per heavy atom. The second-order valence-corrected chi connectivity index (χ2v) is 2.32. The molecule has 3 nitrogen and oxygen atoms in total. The van der Waals surface area contributed by atoms with E-state index in [0.29, 0.717) is 0 Å². The fourth-order valence-electron chi connectivity index (χ4n) is 0.936. The van der Waals surface area contributed by atoms with Crippen molar-refractivity contribution in [3.8, 4) is 0 Å². The van der Waals surface area contributed by atoms with Crippen molar-refractivity contribution in [1.29, 1.82) is 0 Å². The first-order chi connectivity index (χ1) is 5.20. The third kappa shape index (κ3) is 1.09. The Kier molecular flexibility index (Phi) is 1.89. The van der Waals surface area contributed by atoms with Gasteiger partial charge in [-0.3, -0.25) is 0 Å². The second-order valence-electron chi connectivity index (χ2n) is 2.32. The van der Waals surface area contributed by atoms with Crippen LogP contribution in [0.25, 0.3) is 6.20 Å². The van der Waals surface area contributed by atoms with Crippen LogP contribution in [0, 0.1) is 13.8 Å². The molecule has 0 bridgehead atoms. The summed E-state index contributed by atoms with van der Waals surface area (Å²) in [4.78, 5) is 3.84. The minimum Gasteiger partial charge on any atom is -0.245 e. The summed E-state index contributed by atoms with van der Waals surface area (Å²) in [6.45, 7) is 11.0. The van der Waals surface area contributed by atoms with Crippen LogP contribution < -0.4 is 0 Å². The third-order valence-electron chi connectivity index (χ3n) is 1.68.